The minimum Gasteiger partial charge on any atom is -0.497 e. The molecule has 1 aliphatic heterocycles. The summed E-state index contributed by atoms with van der Waals surface area (Å²) < 4.78 is 5.19. The molecule has 1 fully saturated rings. The highest BCUT2D eigenvalue weighted by molar-refractivity contribution is 6.07. The second-order valence-corrected chi connectivity index (χ2v) is 5.88. The number of aldehydes is 1. The van der Waals surface area contributed by atoms with E-state index in [1.54, 1.807) is 32.4 Å². The predicted molar refractivity (Wildman–Crippen MR) is 96.2 cm³/mol. The molecule has 2 rings (SSSR count). The highest BCUT2D eigenvalue weighted by Gasteiger charge is 2.46. The van der Waals surface area contributed by atoms with Crippen LogP contribution in [0.25, 0.3) is 0 Å². The summed E-state index contributed by atoms with van der Waals surface area (Å²) >= 11 is 0. The van der Waals surface area contributed by atoms with Crippen LogP contribution in [0.1, 0.15) is 15.9 Å². The van der Waals surface area contributed by atoms with Gasteiger partial charge in [-0.25, -0.2) is 4.79 Å². The lowest BCUT2D eigenvalue weighted by Gasteiger charge is -2.31. The first-order chi connectivity index (χ1) is 12.4. The Hall–Kier alpha value is -2.49. The predicted octanol–water partition coefficient (Wildman–Crippen LogP) is -0.654. The topological polar surface area (TPSA) is 120 Å². The summed E-state index contributed by atoms with van der Waals surface area (Å²) in [6.07, 6.45) is 0.788. The van der Waals surface area contributed by atoms with Crippen molar-refractivity contribution in [3.63, 3.8) is 0 Å². The third kappa shape index (κ3) is 5.01. The summed E-state index contributed by atoms with van der Waals surface area (Å²) in [5.74, 6) is 0.288. The standard InChI is InChI=1S/C16H22N4O4.CH4O/c1-17-9-16(14(22)18-15(23)19-16)10-20(2)7-12-6-13(24-3)5-4-11(12)8-21;1-2/h4-6,8,17H,7,9-10H2,1-3H3,(H2,18,19,22,23);2H,1H3. The highest BCUT2D eigenvalue weighted by Crippen LogP contribution is 2.19. The molecule has 1 atom stereocenters. The third-order valence-corrected chi connectivity index (χ3v) is 3.95. The Morgan fingerprint density at radius 1 is 1.35 bits per heavy atom. The SMILES string of the molecule is CNCC1(CN(C)Cc2cc(OC)ccc2C=O)NC(=O)NC1=O.CO. The van der Waals surface area contributed by atoms with Gasteiger partial charge in [-0.05, 0) is 37.9 Å². The van der Waals surface area contributed by atoms with Gasteiger partial charge in [-0.15, -0.1) is 0 Å². The van der Waals surface area contributed by atoms with Gasteiger partial charge >= 0.3 is 6.03 Å². The van der Waals surface area contributed by atoms with Crippen LogP contribution in [0.3, 0.4) is 0 Å². The van der Waals surface area contributed by atoms with E-state index >= 15 is 0 Å². The maximum absolute atomic E-state index is 12.2. The summed E-state index contributed by atoms with van der Waals surface area (Å²) in [6, 6.07) is 4.71. The van der Waals surface area contributed by atoms with Crippen LogP contribution in [0, 0.1) is 0 Å². The van der Waals surface area contributed by atoms with E-state index in [2.05, 4.69) is 16.0 Å². The molecule has 1 aromatic carbocycles. The minimum atomic E-state index is -1.04. The van der Waals surface area contributed by atoms with Crippen molar-refractivity contribution in [1.82, 2.24) is 20.9 Å². The quantitative estimate of drug-likeness (QED) is 0.356. The Balaban J connectivity index is 0.00000163. The van der Waals surface area contributed by atoms with Gasteiger partial charge in [-0.3, -0.25) is 19.8 Å². The van der Waals surface area contributed by atoms with E-state index in [-0.39, 0.29) is 5.91 Å². The van der Waals surface area contributed by atoms with E-state index in [0.29, 0.717) is 30.9 Å². The van der Waals surface area contributed by atoms with Crippen LogP contribution >= 0.6 is 0 Å². The Bertz CT molecular complexity index is 652. The average Bonchev–Trinajstić information content (AvgIpc) is 2.89. The molecule has 0 aliphatic carbocycles. The minimum absolute atomic E-state index is 0.293. The Kier molecular flexibility index (Phi) is 8.17. The average molecular weight is 366 g/mol. The number of hydrogen-bond acceptors (Lipinski definition) is 7. The molecule has 4 N–H and O–H groups in total. The lowest BCUT2D eigenvalue weighted by Crippen LogP contribution is -2.59. The lowest BCUT2D eigenvalue weighted by atomic mass is 9.98. The van der Waals surface area contributed by atoms with Gasteiger partial charge in [0, 0.05) is 32.3 Å². The van der Waals surface area contributed by atoms with Gasteiger partial charge in [-0.1, -0.05) is 0 Å². The summed E-state index contributed by atoms with van der Waals surface area (Å²) in [5.41, 5.74) is 0.308. The Labute approximate surface area is 152 Å². The number of imide groups is 1. The number of methoxy groups -OCH3 is 1. The normalized spacial score (nSPS) is 18.7. The van der Waals surface area contributed by atoms with Crippen molar-refractivity contribution in [2.24, 2.45) is 0 Å². The summed E-state index contributed by atoms with van der Waals surface area (Å²) in [7, 11) is 6.10. The zero-order chi connectivity index (χ0) is 19.7. The second kappa shape index (κ2) is 9.85. The van der Waals surface area contributed by atoms with Crippen molar-refractivity contribution < 1.29 is 24.2 Å². The smallest absolute Gasteiger partial charge is 0.322 e. The number of amides is 3. The van der Waals surface area contributed by atoms with Gasteiger partial charge in [-0.2, -0.15) is 0 Å². The van der Waals surface area contributed by atoms with Gasteiger partial charge < -0.3 is 20.5 Å². The molecule has 144 valence electrons. The maximum atomic E-state index is 12.2. The first-order valence-electron chi connectivity index (χ1n) is 7.97. The van der Waals surface area contributed by atoms with Crippen LogP contribution in [-0.2, 0) is 11.3 Å². The number of nitrogens with one attached hydrogen (secondary N) is 3. The number of aliphatic hydroxyl groups excluding tert-OH is 1. The zero-order valence-electron chi connectivity index (χ0n) is 15.5. The van der Waals surface area contributed by atoms with Crippen molar-refractivity contribution in [3.05, 3.63) is 29.3 Å². The number of likely N-dealkylation sites (N-methyl/N-ethyl adjacent to an activating group) is 2. The Morgan fingerprint density at radius 3 is 2.54 bits per heavy atom. The molecule has 1 heterocycles. The number of urea groups is 1. The maximum Gasteiger partial charge on any atom is 0.322 e. The third-order valence-electron chi connectivity index (χ3n) is 3.95. The van der Waals surface area contributed by atoms with Gasteiger partial charge in [0.1, 0.15) is 17.6 Å². The van der Waals surface area contributed by atoms with E-state index in [4.69, 9.17) is 9.84 Å². The van der Waals surface area contributed by atoms with Crippen molar-refractivity contribution in [1.29, 1.82) is 0 Å². The molecule has 0 aromatic heterocycles. The van der Waals surface area contributed by atoms with Crippen LogP contribution in [0.5, 0.6) is 5.75 Å². The van der Waals surface area contributed by atoms with Crippen LogP contribution in [0.15, 0.2) is 18.2 Å². The molecule has 1 unspecified atom stereocenters. The van der Waals surface area contributed by atoms with Crippen LogP contribution in [-0.4, -0.2) is 75.2 Å². The summed E-state index contributed by atoms with van der Waals surface area (Å²) in [6.45, 7) is 1.02. The monoisotopic (exact) mass is 366 g/mol. The van der Waals surface area contributed by atoms with Crippen LogP contribution in [0.4, 0.5) is 4.79 Å². The molecule has 1 aromatic rings. The summed E-state index contributed by atoms with van der Waals surface area (Å²) in [5, 5.41) is 14.9. The fourth-order valence-electron chi connectivity index (χ4n) is 2.89. The zero-order valence-corrected chi connectivity index (χ0v) is 15.5. The number of hydrogen-bond donors (Lipinski definition) is 4. The number of ether oxygens (including phenoxy) is 1. The molecular weight excluding hydrogens is 340 g/mol. The molecule has 0 radical (unpaired) electrons. The number of nitrogens with zero attached hydrogens (tertiary/aromatic N) is 1. The van der Waals surface area contributed by atoms with E-state index in [9.17, 15) is 14.4 Å². The lowest BCUT2D eigenvalue weighted by molar-refractivity contribution is -0.124. The largest absolute Gasteiger partial charge is 0.497 e. The van der Waals surface area contributed by atoms with Crippen LogP contribution in [0.2, 0.25) is 0 Å². The van der Waals surface area contributed by atoms with Gasteiger partial charge in [0.15, 0.2) is 0 Å². The van der Waals surface area contributed by atoms with Gasteiger partial charge in [0.05, 0.1) is 7.11 Å². The molecule has 3 amide bonds. The first-order valence-corrected chi connectivity index (χ1v) is 7.97. The first kappa shape index (κ1) is 21.6. The number of carbonyl (C=O) groups excluding carboxylic acids is 3. The molecule has 9 nitrogen and oxygen atoms in total. The number of carbonyl (C=O) groups is 3. The van der Waals surface area contributed by atoms with E-state index in [1.807, 2.05) is 11.9 Å². The molecule has 9 heteroatoms. The van der Waals surface area contributed by atoms with E-state index in [1.165, 1.54) is 0 Å². The van der Waals surface area contributed by atoms with Crippen LogP contribution < -0.4 is 20.7 Å². The van der Waals surface area contributed by atoms with Crippen molar-refractivity contribution in [3.8, 4) is 5.75 Å². The second-order valence-electron chi connectivity index (χ2n) is 5.88. The highest BCUT2D eigenvalue weighted by atomic mass is 16.5. The molecule has 0 bridgehead atoms. The van der Waals surface area contributed by atoms with Crippen molar-refractivity contribution >= 4 is 18.2 Å². The number of rotatable bonds is 8. The van der Waals surface area contributed by atoms with E-state index in [0.717, 1.165) is 19.0 Å². The molecular formula is C17H26N4O5. The fourth-order valence-corrected chi connectivity index (χ4v) is 2.89. The van der Waals surface area contributed by atoms with Gasteiger partial charge in [0.2, 0.25) is 0 Å². The summed E-state index contributed by atoms with van der Waals surface area (Å²) in [4.78, 5) is 36.8. The van der Waals surface area contributed by atoms with E-state index < -0.39 is 11.6 Å². The molecule has 0 saturated carbocycles. The molecule has 1 saturated heterocycles. The number of benzene rings is 1. The van der Waals surface area contributed by atoms with Crippen molar-refractivity contribution in [2.75, 3.05) is 41.4 Å². The number of aliphatic hydroxyl groups is 1. The van der Waals surface area contributed by atoms with Crippen molar-refractivity contribution in [2.45, 2.75) is 12.1 Å². The molecule has 1 aliphatic rings. The Morgan fingerprint density at radius 2 is 2.04 bits per heavy atom. The fraction of sp³-hybridized carbons (Fsp3) is 0.471. The molecule has 0 spiro atoms. The molecule has 26 heavy (non-hydrogen) atoms. The van der Waals surface area contributed by atoms with Gasteiger partial charge in [0.25, 0.3) is 5.91 Å².